The van der Waals surface area contributed by atoms with Gasteiger partial charge in [0.25, 0.3) is 17.7 Å². The first-order chi connectivity index (χ1) is 35.7. The number of hydrogen-bond donors (Lipinski definition) is 5. The van der Waals surface area contributed by atoms with Crippen molar-refractivity contribution in [2.24, 2.45) is 10.7 Å². The largest absolute Gasteiger partial charge is 0.397 e. The third-order valence-electron chi connectivity index (χ3n) is 9.51. The summed E-state index contributed by atoms with van der Waals surface area (Å²) in [4.78, 5) is 78.0. The highest BCUT2D eigenvalue weighted by molar-refractivity contribution is 6.14. The topological polar surface area (TPSA) is 314 Å². The number of pyridine rings is 1. The molecule has 0 bridgehead atoms. The maximum absolute atomic E-state index is 12.6. The Balaban J connectivity index is 0.00000457. The molecule has 2 aromatic heterocycles. The Bertz CT molecular complexity index is 1990. The highest BCUT2D eigenvalue weighted by Gasteiger charge is 2.25. The number of hydrogen-bond acceptors (Lipinski definition) is 21. The van der Waals surface area contributed by atoms with Crippen LogP contribution in [0.25, 0.3) is 17.2 Å². The van der Waals surface area contributed by atoms with Crippen molar-refractivity contribution in [1.29, 1.82) is 0 Å². The van der Waals surface area contributed by atoms with Gasteiger partial charge in [-0.25, -0.2) is 15.0 Å². The average Bonchev–Trinajstić information content (AvgIpc) is 3.59. The minimum Gasteiger partial charge on any atom is -0.397 e. The molecule has 406 valence electrons. The predicted molar refractivity (Wildman–Crippen MR) is 265 cm³/mol. The maximum atomic E-state index is 12.6. The number of nitrogens with one attached hydrogen (secondary N) is 3. The number of aliphatic imine (C=N–C) groups is 1. The van der Waals surface area contributed by atoms with Gasteiger partial charge in [-0.2, -0.15) is 0 Å². The Kier molecular flexibility index (Phi) is 33.6. The summed E-state index contributed by atoms with van der Waals surface area (Å²) in [5.41, 5.74) is 8.95. The van der Waals surface area contributed by atoms with E-state index in [1.165, 1.54) is 12.4 Å². The van der Waals surface area contributed by atoms with E-state index in [4.69, 9.17) is 58.2 Å². The molecule has 2 aliphatic heterocycles. The molecule has 0 spiro atoms. The van der Waals surface area contributed by atoms with E-state index in [1.54, 1.807) is 25.3 Å². The summed E-state index contributed by atoms with van der Waals surface area (Å²) in [6, 6.07) is 1.79. The number of rotatable bonds is 40. The van der Waals surface area contributed by atoms with Crippen LogP contribution in [0.5, 0.6) is 0 Å². The quantitative estimate of drug-likeness (QED) is 0.0425. The normalized spacial score (nSPS) is 12.9. The number of fused-ring (bicyclic) bond motifs is 1. The lowest BCUT2D eigenvalue weighted by Crippen LogP contribution is -2.41. The molecule has 4 rings (SSSR count). The molecule has 6 N–H and O–H groups in total. The lowest BCUT2D eigenvalue weighted by Gasteiger charge is -2.13. The van der Waals surface area contributed by atoms with Gasteiger partial charge in [-0.05, 0) is 25.5 Å². The van der Waals surface area contributed by atoms with Crippen LogP contribution in [0.2, 0.25) is 0 Å². The molecule has 0 atom stereocenters. The predicted octanol–water partition coefficient (Wildman–Crippen LogP) is -0.224. The van der Waals surface area contributed by atoms with Crippen LogP contribution in [0, 0.1) is 0 Å². The number of carbonyl (C=O) groups excluding carboxylic acids is 5. The molecule has 5 amide bonds. The van der Waals surface area contributed by atoms with E-state index < -0.39 is 23.6 Å². The lowest BCUT2D eigenvalue weighted by molar-refractivity contribution is -0.141. The van der Waals surface area contributed by atoms with Gasteiger partial charge < -0.3 is 74.2 Å². The molecule has 0 unspecified atom stereocenters. The summed E-state index contributed by atoms with van der Waals surface area (Å²) in [7, 11) is 0. The highest BCUT2D eigenvalue weighted by Crippen LogP contribution is 2.29. The zero-order chi connectivity index (χ0) is 52.6. The van der Waals surface area contributed by atoms with Gasteiger partial charge in [0.2, 0.25) is 17.6 Å². The Morgan fingerprint density at radius 3 is 1.41 bits per heavy atom. The Hall–Kier alpha value is -5.71. The third-order valence-corrected chi connectivity index (χ3v) is 9.51. The number of amides is 5. The number of nitrogens with zero attached hydrogens (tertiary/aromatic N) is 5. The maximum Gasteiger partial charge on any atom is 0.289 e. The number of aliphatic hydroxyl groups is 1. The lowest BCUT2D eigenvalue weighted by atomic mass is 10.1. The van der Waals surface area contributed by atoms with E-state index >= 15 is 0 Å². The van der Waals surface area contributed by atoms with Gasteiger partial charge in [0.1, 0.15) is 12.4 Å². The van der Waals surface area contributed by atoms with Crippen LogP contribution in [0.4, 0.5) is 5.69 Å². The number of ether oxygens (including phenoxy) is 10. The fourth-order valence-corrected chi connectivity index (χ4v) is 5.97. The number of nitrogens with two attached hydrogens (primary N) is 1. The van der Waals surface area contributed by atoms with E-state index in [0.717, 1.165) is 23.5 Å². The molecule has 4 heterocycles. The SMILES string of the molecule is CCCNC(=O)C1=Cc2ncc(-c3cnc(C(=O)NCCOCCOCCOCCOCCOCCOCCOCCOCCOCCOCCNC(=O)CN4C(=O)C=CC4=O)nc3)cc2N=C(N)C1.CCO. The van der Waals surface area contributed by atoms with Crippen molar-refractivity contribution in [3.63, 3.8) is 0 Å². The molecule has 0 saturated carbocycles. The summed E-state index contributed by atoms with van der Waals surface area (Å²) in [5.74, 6) is -1.75. The van der Waals surface area contributed by atoms with Crippen molar-refractivity contribution in [3.8, 4) is 11.1 Å². The van der Waals surface area contributed by atoms with Gasteiger partial charge in [0, 0.05) is 80.1 Å². The van der Waals surface area contributed by atoms with E-state index in [9.17, 15) is 24.0 Å². The van der Waals surface area contributed by atoms with Crippen LogP contribution in [0.1, 0.15) is 43.0 Å². The molecule has 0 radical (unpaired) electrons. The molecular weight excluding hydrogens is 959 g/mol. The van der Waals surface area contributed by atoms with E-state index in [1.807, 2.05) is 6.92 Å². The van der Waals surface area contributed by atoms with E-state index in [0.29, 0.717) is 159 Å². The highest BCUT2D eigenvalue weighted by atomic mass is 16.6. The van der Waals surface area contributed by atoms with Gasteiger partial charge in [0.05, 0.1) is 144 Å². The average molecular weight is 1030 g/mol. The van der Waals surface area contributed by atoms with Crippen LogP contribution < -0.4 is 21.7 Å². The molecule has 2 aliphatic rings. The standard InChI is InChI=1S/C46H67N9O15.C2H6O/c1-2-5-49-45(59)35-28-38-39(54-40(47)30-35)29-36(31-51-38)37-32-52-44(53-33-37)46(60)50-7-9-62-11-13-64-15-17-66-19-21-68-23-25-70-27-26-69-24-22-67-20-18-65-16-14-63-12-10-61-8-6-48-41(56)34-55-42(57)3-4-43(55)58;1-2-3/h3-4,28-29,31-33H,2,5-27,30,34H2,1H3,(H2,47,54)(H,48,56)(H,49,59)(H,50,60);3H,2H2,1H3. The molecule has 0 fully saturated rings. The Morgan fingerprint density at radius 1 is 0.575 bits per heavy atom. The van der Waals surface area contributed by atoms with Crippen LogP contribution in [-0.4, -0.2) is 225 Å². The number of aliphatic hydroxyl groups excluding tert-OH is 1. The van der Waals surface area contributed by atoms with Gasteiger partial charge >= 0.3 is 0 Å². The van der Waals surface area contributed by atoms with Crippen molar-refractivity contribution >= 4 is 47.1 Å². The zero-order valence-corrected chi connectivity index (χ0v) is 42.0. The summed E-state index contributed by atoms with van der Waals surface area (Å²) < 4.78 is 54.8. The first kappa shape index (κ1) is 61.6. The summed E-state index contributed by atoms with van der Waals surface area (Å²) >= 11 is 0. The van der Waals surface area contributed by atoms with Gasteiger partial charge in [-0.3, -0.25) is 33.9 Å². The fraction of sp³-hybridized carbons (Fsp3) is 0.604. The van der Waals surface area contributed by atoms with Crippen LogP contribution in [0.3, 0.4) is 0 Å². The molecule has 25 heteroatoms. The number of carbonyl (C=O) groups is 5. The summed E-state index contributed by atoms with van der Waals surface area (Å²) in [6.45, 7) is 12.8. The van der Waals surface area contributed by atoms with Gasteiger partial charge in [-0.15, -0.1) is 0 Å². The molecular formula is C48H73N9O16. The Morgan fingerprint density at radius 2 is 0.973 bits per heavy atom. The molecule has 73 heavy (non-hydrogen) atoms. The van der Waals surface area contributed by atoms with Crippen LogP contribution in [-0.2, 0) is 66.5 Å². The molecule has 25 nitrogen and oxygen atoms in total. The van der Waals surface area contributed by atoms with Crippen molar-refractivity contribution in [1.82, 2.24) is 35.8 Å². The monoisotopic (exact) mass is 1030 g/mol. The molecule has 0 saturated heterocycles. The molecule has 0 aliphatic carbocycles. The van der Waals surface area contributed by atoms with Gasteiger partial charge in [0.15, 0.2) is 0 Å². The van der Waals surface area contributed by atoms with Crippen molar-refractivity contribution in [2.75, 3.05) is 165 Å². The van der Waals surface area contributed by atoms with Crippen molar-refractivity contribution in [3.05, 3.63) is 53.9 Å². The first-order valence-electron chi connectivity index (χ1n) is 24.3. The fourth-order valence-electron chi connectivity index (χ4n) is 5.97. The second-order valence-electron chi connectivity index (χ2n) is 15.3. The molecule has 0 aromatic carbocycles. The van der Waals surface area contributed by atoms with E-state index in [2.05, 4.69) is 35.9 Å². The van der Waals surface area contributed by atoms with E-state index in [-0.39, 0.29) is 57.6 Å². The van der Waals surface area contributed by atoms with Crippen molar-refractivity contribution in [2.45, 2.75) is 26.7 Å². The second kappa shape index (κ2) is 39.8. The number of aromatic nitrogens is 3. The third kappa shape index (κ3) is 27.8. The smallest absolute Gasteiger partial charge is 0.289 e. The summed E-state index contributed by atoms with van der Waals surface area (Å²) in [5, 5.41) is 15.7. The Labute approximate surface area is 425 Å². The minimum atomic E-state index is -0.500. The number of imide groups is 1. The van der Waals surface area contributed by atoms with Gasteiger partial charge in [-0.1, -0.05) is 6.92 Å². The number of amidine groups is 1. The zero-order valence-electron chi connectivity index (χ0n) is 42.0. The summed E-state index contributed by atoms with van der Waals surface area (Å²) in [6.07, 6.45) is 9.69. The minimum absolute atomic E-state index is 0.0133. The first-order valence-corrected chi connectivity index (χ1v) is 24.3. The van der Waals surface area contributed by atoms with Crippen LogP contribution >= 0.6 is 0 Å². The van der Waals surface area contributed by atoms with Crippen LogP contribution in [0.15, 0.2) is 47.4 Å². The van der Waals surface area contributed by atoms with Crippen molar-refractivity contribution < 1.29 is 76.4 Å². The molecule has 2 aromatic rings. The second-order valence-corrected chi connectivity index (χ2v) is 15.3.